The molecule has 1 fully saturated rings. The van der Waals surface area contributed by atoms with Gasteiger partial charge in [0, 0.05) is 23.8 Å². The lowest BCUT2D eigenvalue weighted by Gasteiger charge is -2.33. The third-order valence-electron chi connectivity index (χ3n) is 4.98. The number of aromatic nitrogens is 1. The fourth-order valence-electron chi connectivity index (χ4n) is 3.72. The van der Waals surface area contributed by atoms with E-state index in [4.69, 9.17) is 5.73 Å². The highest BCUT2D eigenvalue weighted by Gasteiger charge is 2.27. The van der Waals surface area contributed by atoms with Crippen LogP contribution in [0.4, 0.5) is 0 Å². The van der Waals surface area contributed by atoms with E-state index in [0.717, 1.165) is 5.92 Å². The molecule has 3 unspecified atom stereocenters. The van der Waals surface area contributed by atoms with Crippen molar-refractivity contribution in [1.82, 2.24) is 4.98 Å². The van der Waals surface area contributed by atoms with Crippen LogP contribution in [0.15, 0.2) is 36.7 Å². The smallest absolute Gasteiger partial charge is 0.0346 e. The van der Waals surface area contributed by atoms with Gasteiger partial charge in [-0.1, -0.05) is 44.4 Å². The van der Waals surface area contributed by atoms with Gasteiger partial charge in [0.25, 0.3) is 0 Å². The Hall–Kier alpha value is -1.41. The zero-order valence-electron chi connectivity index (χ0n) is 12.3. The quantitative estimate of drug-likeness (QED) is 0.893. The van der Waals surface area contributed by atoms with Crippen molar-refractivity contribution in [3.63, 3.8) is 0 Å². The summed E-state index contributed by atoms with van der Waals surface area (Å²) >= 11 is 0. The molecule has 0 bridgehead atoms. The summed E-state index contributed by atoms with van der Waals surface area (Å²) < 4.78 is 0. The summed E-state index contributed by atoms with van der Waals surface area (Å²) in [5, 5.41) is 2.47. The lowest BCUT2D eigenvalue weighted by Crippen LogP contribution is -2.27. The molecule has 2 N–H and O–H groups in total. The Morgan fingerprint density at radius 1 is 1.30 bits per heavy atom. The van der Waals surface area contributed by atoms with E-state index in [9.17, 15) is 0 Å². The molecule has 1 aliphatic rings. The zero-order valence-corrected chi connectivity index (χ0v) is 12.3. The van der Waals surface area contributed by atoms with Crippen LogP contribution in [0, 0.1) is 11.8 Å². The third-order valence-corrected chi connectivity index (χ3v) is 4.98. The molecule has 1 aromatic carbocycles. The number of nitrogens with two attached hydrogens (primary N) is 1. The van der Waals surface area contributed by atoms with Crippen molar-refractivity contribution in [3.05, 3.63) is 42.2 Å². The molecule has 1 heterocycles. The highest BCUT2D eigenvalue weighted by Crippen LogP contribution is 2.38. The van der Waals surface area contributed by atoms with Crippen molar-refractivity contribution in [1.29, 1.82) is 0 Å². The van der Waals surface area contributed by atoms with Gasteiger partial charge in [0.2, 0.25) is 0 Å². The van der Waals surface area contributed by atoms with Crippen LogP contribution in [0.25, 0.3) is 10.8 Å². The van der Waals surface area contributed by atoms with Crippen molar-refractivity contribution in [2.75, 3.05) is 0 Å². The van der Waals surface area contributed by atoms with Gasteiger partial charge in [-0.2, -0.15) is 0 Å². The molecule has 3 atom stereocenters. The predicted octanol–water partition coefficient (Wildman–Crippen LogP) is 4.45. The predicted molar refractivity (Wildman–Crippen MR) is 84.4 cm³/mol. The van der Waals surface area contributed by atoms with Gasteiger partial charge in [-0.05, 0) is 41.7 Å². The minimum atomic E-state index is 0.162. The molecule has 2 aromatic rings. The first-order valence-corrected chi connectivity index (χ1v) is 7.87. The number of hydrogen-bond acceptors (Lipinski definition) is 2. The van der Waals surface area contributed by atoms with Crippen molar-refractivity contribution in [2.45, 2.75) is 45.1 Å². The first kappa shape index (κ1) is 13.6. The Balaban J connectivity index is 1.90. The highest BCUT2D eigenvalue weighted by atomic mass is 14.7. The Morgan fingerprint density at radius 2 is 2.20 bits per heavy atom. The molecule has 2 heteroatoms. The molecule has 0 aliphatic heterocycles. The average Bonchev–Trinajstić information content (AvgIpc) is 2.53. The maximum atomic E-state index is 6.63. The Bertz CT molecular complexity index is 573. The summed E-state index contributed by atoms with van der Waals surface area (Å²) in [6.45, 7) is 2.31. The average molecular weight is 268 g/mol. The topological polar surface area (TPSA) is 38.9 Å². The summed E-state index contributed by atoms with van der Waals surface area (Å²) in [4.78, 5) is 4.21. The van der Waals surface area contributed by atoms with Crippen LogP contribution in [-0.2, 0) is 0 Å². The molecule has 3 rings (SSSR count). The molecular weight excluding hydrogens is 244 g/mol. The van der Waals surface area contributed by atoms with Crippen LogP contribution in [0.3, 0.4) is 0 Å². The Labute approximate surface area is 121 Å². The largest absolute Gasteiger partial charge is 0.324 e. The van der Waals surface area contributed by atoms with Gasteiger partial charge in [-0.15, -0.1) is 0 Å². The molecular formula is C18H24N2. The molecule has 1 aliphatic carbocycles. The van der Waals surface area contributed by atoms with E-state index >= 15 is 0 Å². The molecule has 1 aromatic heterocycles. The van der Waals surface area contributed by atoms with Crippen LogP contribution < -0.4 is 5.73 Å². The minimum Gasteiger partial charge on any atom is -0.324 e. The fourth-order valence-corrected chi connectivity index (χ4v) is 3.72. The summed E-state index contributed by atoms with van der Waals surface area (Å²) in [5.41, 5.74) is 7.93. The van der Waals surface area contributed by atoms with Crippen molar-refractivity contribution >= 4 is 10.8 Å². The molecule has 0 spiro atoms. The lowest BCUT2D eigenvalue weighted by molar-refractivity contribution is 0.231. The first-order valence-electron chi connectivity index (χ1n) is 7.87. The van der Waals surface area contributed by atoms with E-state index in [-0.39, 0.29) is 6.04 Å². The van der Waals surface area contributed by atoms with Crippen molar-refractivity contribution in [3.8, 4) is 0 Å². The molecule has 2 nitrogen and oxygen atoms in total. The van der Waals surface area contributed by atoms with Gasteiger partial charge in [0.05, 0.1) is 0 Å². The second-order valence-corrected chi connectivity index (χ2v) is 6.17. The van der Waals surface area contributed by atoms with Gasteiger partial charge in [-0.3, -0.25) is 4.98 Å². The van der Waals surface area contributed by atoms with Gasteiger partial charge in [0.1, 0.15) is 0 Å². The van der Waals surface area contributed by atoms with Crippen molar-refractivity contribution in [2.24, 2.45) is 17.6 Å². The van der Waals surface area contributed by atoms with E-state index in [1.807, 2.05) is 12.4 Å². The standard InChI is InChI=1S/C18H24N2/c1-2-13-5-3-6-14(11-13)18(19)17-8-4-7-15-12-20-10-9-16(15)17/h4,7-10,12-14,18H,2-3,5-6,11,19H2,1H3. The fraction of sp³-hybridized carbons (Fsp3) is 0.500. The molecule has 0 radical (unpaired) electrons. The third kappa shape index (κ3) is 2.57. The Kier molecular flexibility index (Phi) is 4.02. The molecule has 20 heavy (non-hydrogen) atoms. The lowest BCUT2D eigenvalue weighted by atomic mass is 9.75. The highest BCUT2D eigenvalue weighted by molar-refractivity contribution is 5.85. The zero-order chi connectivity index (χ0) is 13.9. The van der Waals surface area contributed by atoms with Crippen LogP contribution in [0.2, 0.25) is 0 Å². The van der Waals surface area contributed by atoms with E-state index in [2.05, 4.69) is 36.2 Å². The van der Waals surface area contributed by atoms with E-state index in [1.165, 1.54) is 48.4 Å². The molecule has 106 valence electrons. The Morgan fingerprint density at radius 3 is 3.05 bits per heavy atom. The first-order chi connectivity index (χ1) is 9.79. The van der Waals surface area contributed by atoms with Gasteiger partial charge < -0.3 is 5.73 Å². The van der Waals surface area contributed by atoms with E-state index < -0.39 is 0 Å². The summed E-state index contributed by atoms with van der Waals surface area (Å²) in [6, 6.07) is 8.69. The SMILES string of the molecule is CCC1CCCC(C(N)c2cccc3cnccc23)C1. The summed E-state index contributed by atoms with van der Waals surface area (Å²) in [5.74, 6) is 1.50. The summed E-state index contributed by atoms with van der Waals surface area (Å²) in [6.07, 6.45) is 10.4. The maximum absolute atomic E-state index is 6.63. The van der Waals surface area contributed by atoms with Crippen LogP contribution in [-0.4, -0.2) is 4.98 Å². The van der Waals surface area contributed by atoms with Crippen LogP contribution in [0.5, 0.6) is 0 Å². The normalized spacial score (nSPS) is 24.7. The van der Waals surface area contributed by atoms with Gasteiger partial charge in [0.15, 0.2) is 0 Å². The maximum Gasteiger partial charge on any atom is 0.0346 e. The summed E-state index contributed by atoms with van der Waals surface area (Å²) in [7, 11) is 0. The van der Waals surface area contributed by atoms with Crippen molar-refractivity contribution < 1.29 is 0 Å². The second-order valence-electron chi connectivity index (χ2n) is 6.17. The number of hydrogen-bond donors (Lipinski definition) is 1. The van der Waals surface area contributed by atoms with E-state index in [1.54, 1.807) is 0 Å². The number of benzene rings is 1. The van der Waals surface area contributed by atoms with Crippen LogP contribution >= 0.6 is 0 Å². The molecule has 0 amide bonds. The van der Waals surface area contributed by atoms with Gasteiger partial charge in [-0.25, -0.2) is 0 Å². The second kappa shape index (κ2) is 5.92. The van der Waals surface area contributed by atoms with E-state index in [0.29, 0.717) is 5.92 Å². The molecule has 0 saturated heterocycles. The number of rotatable bonds is 3. The van der Waals surface area contributed by atoms with Crippen LogP contribution in [0.1, 0.15) is 50.6 Å². The number of nitrogens with zero attached hydrogens (tertiary/aromatic N) is 1. The number of pyridine rings is 1. The molecule has 1 saturated carbocycles. The van der Waals surface area contributed by atoms with Gasteiger partial charge >= 0.3 is 0 Å². The number of fused-ring (bicyclic) bond motifs is 1. The monoisotopic (exact) mass is 268 g/mol. The minimum absolute atomic E-state index is 0.162.